The van der Waals surface area contributed by atoms with Crippen LogP contribution < -0.4 is 11.3 Å². The predicted molar refractivity (Wildman–Crippen MR) is 75.9 cm³/mol. The fourth-order valence-corrected chi connectivity index (χ4v) is 2.58. The third kappa shape index (κ3) is 2.98. The van der Waals surface area contributed by atoms with Gasteiger partial charge in [-0.05, 0) is 42.2 Å². The number of aryl methyl sites for hydroxylation is 2. The lowest BCUT2D eigenvalue weighted by Crippen LogP contribution is -2.30. The number of aromatic nitrogens is 2. The van der Waals surface area contributed by atoms with E-state index < -0.39 is 0 Å². The third-order valence-corrected chi connectivity index (χ3v) is 3.50. The molecule has 0 bridgehead atoms. The molecule has 0 spiro atoms. The molecule has 0 aliphatic carbocycles. The number of hydrazine groups is 1. The molecular weight excluding hydrogens is 292 g/mol. The summed E-state index contributed by atoms with van der Waals surface area (Å²) < 4.78 is 2.89. The average molecular weight is 309 g/mol. The zero-order chi connectivity index (χ0) is 13.1. The maximum atomic E-state index is 5.68. The molecule has 96 valence electrons. The lowest BCUT2D eigenvalue weighted by atomic mass is 9.97. The Bertz CT molecular complexity index is 536. The van der Waals surface area contributed by atoms with Gasteiger partial charge in [-0.3, -0.25) is 16.0 Å². The van der Waals surface area contributed by atoms with E-state index in [0.29, 0.717) is 0 Å². The van der Waals surface area contributed by atoms with Gasteiger partial charge in [0.2, 0.25) is 0 Å². The lowest BCUT2D eigenvalue weighted by Gasteiger charge is -2.18. The van der Waals surface area contributed by atoms with Crippen molar-refractivity contribution in [2.45, 2.75) is 19.4 Å². The van der Waals surface area contributed by atoms with Gasteiger partial charge in [-0.2, -0.15) is 5.10 Å². The van der Waals surface area contributed by atoms with Gasteiger partial charge in [0, 0.05) is 17.7 Å². The third-order valence-electron chi connectivity index (χ3n) is 3.01. The van der Waals surface area contributed by atoms with Crippen molar-refractivity contribution in [3.63, 3.8) is 0 Å². The average Bonchev–Trinajstić information content (AvgIpc) is 2.72. The molecule has 1 aromatic heterocycles. The monoisotopic (exact) mass is 308 g/mol. The molecule has 0 radical (unpaired) electrons. The summed E-state index contributed by atoms with van der Waals surface area (Å²) in [7, 11) is 1.92. The maximum Gasteiger partial charge on any atom is 0.0522 e. The van der Waals surface area contributed by atoms with Gasteiger partial charge in [-0.25, -0.2) is 0 Å². The highest BCUT2D eigenvalue weighted by molar-refractivity contribution is 9.10. The molecule has 18 heavy (non-hydrogen) atoms. The molecule has 0 amide bonds. The van der Waals surface area contributed by atoms with E-state index >= 15 is 0 Å². The molecule has 0 aliphatic heterocycles. The summed E-state index contributed by atoms with van der Waals surface area (Å²) in [4.78, 5) is 0. The van der Waals surface area contributed by atoms with Gasteiger partial charge in [0.15, 0.2) is 0 Å². The Kier molecular flexibility index (Phi) is 4.16. The van der Waals surface area contributed by atoms with Crippen molar-refractivity contribution in [1.29, 1.82) is 0 Å². The molecule has 0 fully saturated rings. The van der Waals surface area contributed by atoms with E-state index in [9.17, 15) is 0 Å². The van der Waals surface area contributed by atoms with Gasteiger partial charge in [0.25, 0.3) is 0 Å². The molecule has 2 aromatic rings. The molecule has 0 saturated carbocycles. The number of hydrogen-bond acceptors (Lipinski definition) is 3. The number of benzene rings is 1. The molecule has 1 unspecified atom stereocenters. The van der Waals surface area contributed by atoms with Gasteiger partial charge in [0.05, 0.1) is 12.2 Å². The van der Waals surface area contributed by atoms with Gasteiger partial charge >= 0.3 is 0 Å². The van der Waals surface area contributed by atoms with Gasteiger partial charge < -0.3 is 0 Å². The van der Waals surface area contributed by atoms with Crippen molar-refractivity contribution in [1.82, 2.24) is 15.2 Å². The SMILES string of the molecule is Cc1cc(Br)ccc1C(Cc1cnn(C)c1)NN. The van der Waals surface area contributed by atoms with Crippen molar-refractivity contribution in [3.05, 3.63) is 51.8 Å². The lowest BCUT2D eigenvalue weighted by molar-refractivity contribution is 0.549. The van der Waals surface area contributed by atoms with Gasteiger partial charge in [-0.15, -0.1) is 0 Å². The molecule has 1 atom stereocenters. The fourth-order valence-electron chi connectivity index (χ4n) is 2.10. The van der Waals surface area contributed by atoms with Crippen LogP contribution in [0.2, 0.25) is 0 Å². The van der Waals surface area contributed by atoms with Crippen molar-refractivity contribution >= 4 is 15.9 Å². The largest absolute Gasteiger partial charge is 0.276 e. The molecular formula is C13H17BrN4. The molecule has 4 nitrogen and oxygen atoms in total. The molecule has 5 heteroatoms. The van der Waals surface area contributed by atoms with Gasteiger partial charge in [0.1, 0.15) is 0 Å². The van der Waals surface area contributed by atoms with Crippen LogP contribution in [-0.4, -0.2) is 9.78 Å². The van der Waals surface area contributed by atoms with Crippen LogP contribution in [0.5, 0.6) is 0 Å². The van der Waals surface area contributed by atoms with Crippen LogP contribution in [0.1, 0.15) is 22.7 Å². The molecule has 1 heterocycles. The van der Waals surface area contributed by atoms with Crippen LogP contribution in [0.25, 0.3) is 0 Å². The number of halogens is 1. The van der Waals surface area contributed by atoms with Crippen molar-refractivity contribution < 1.29 is 0 Å². The van der Waals surface area contributed by atoms with Crippen molar-refractivity contribution in [3.8, 4) is 0 Å². The first-order chi connectivity index (χ1) is 8.60. The Morgan fingerprint density at radius 1 is 1.50 bits per heavy atom. The first-order valence-corrected chi connectivity index (χ1v) is 6.59. The van der Waals surface area contributed by atoms with Crippen LogP contribution in [-0.2, 0) is 13.5 Å². The van der Waals surface area contributed by atoms with Crippen LogP contribution in [0.15, 0.2) is 35.1 Å². The van der Waals surface area contributed by atoms with E-state index in [4.69, 9.17) is 5.84 Å². The normalized spacial score (nSPS) is 12.7. The Morgan fingerprint density at radius 3 is 2.83 bits per heavy atom. The van der Waals surface area contributed by atoms with Crippen LogP contribution in [0.3, 0.4) is 0 Å². The second kappa shape index (κ2) is 5.65. The van der Waals surface area contributed by atoms with Crippen molar-refractivity contribution in [2.75, 3.05) is 0 Å². The quantitative estimate of drug-likeness (QED) is 0.673. The summed E-state index contributed by atoms with van der Waals surface area (Å²) >= 11 is 3.47. The summed E-state index contributed by atoms with van der Waals surface area (Å²) in [5, 5.41) is 4.17. The minimum atomic E-state index is 0.0994. The van der Waals surface area contributed by atoms with E-state index in [1.807, 2.05) is 25.5 Å². The predicted octanol–water partition coefficient (Wildman–Crippen LogP) is 2.24. The smallest absolute Gasteiger partial charge is 0.0522 e. The number of nitrogens with one attached hydrogen (secondary N) is 1. The van der Waals surface area contributed by atoms with E-state index in [1.165, 1.54) is 16.7 Å². The molecule has 0 saturated heterocycles. The zero-order valence-electron chi connectivity index (χ0n) is 10.5. The summed E-state index contributed by atoms with van der Waals surface area (Å²) in [5.41, 5.74) is 6.48. The summed E-state index contributed by atoms with van der Waals surface area (Å²) in [6.07, 6.45) is 4.71. The molecule has 3 N–H and O–H groups in total. The number of nitrogens with two attached hydrogens (primary N) is 1. The van der Waals surface area contributed by atoms with E-state index in [2.05, 4.69) is 45.5 Å². The summed E-state index contributed by atoms with van der Waals surface area (Å²) in [6, 6.07) is 6.33. The second-order valence-electron chi connectivity index (χ2n) is 4.45. The highest BCUT2D eigenvalue weighted by Crippen LogP contribution is 2.23. The minimum absolute atomic E-state index is 0.0994. The first-order valence-electron chi connectivity index (χ1n) is 5.80. The number of hydrogen-bond donors (Lipinski definition) is 2. The van der Waals surface area contributed by atoms with E-state index in [-0.39, 0.29) is 6.04 Å². The van der Waals surface area contributed by atoms with E-state index in [1.54, 1.807) is 4.68 Å². The topological polar surface area (TPSA) is 55.9 Å². The Balaban J connectivity index is 2.22. The zero-order valence-corrected chi connectivity index (χ0v) is 12.1. The number of nitrogens with zero attached hydrogens (tertiary/aromatic N) is 2. The van der Waals surface area contributed by atoms with Crippen molar-refractivity contribution in [2.24, 2.45) is 12.9 Å². The Labute approximate surface area is 115 Å². The summed E-state index contributed by atoms with van der Waals surface area (Å²) in [6.45, 7) is 2.09. The minimum Gasteiger partial charge on any atom is -0.276 e. The van der Waals surface area contributed by atoms with Crippen LogP contribution >= 0.6 is 15.9 Å². The van der Waals surface area contributed by atoms with Gasteiger partial charge in [-0.1, -0.05) is 22.0 Å². The standard InChI is InChI=1S/C13H17BrN4/c1-9-5-11(14)3-4-12(9)13(17-15)6-10-7-16-18(2)8-10/h3-5,7-8,13,17H,6,15H2,1-2H3. The molecule has 2 rings (SSSR count). The maximum absolute atomic E-state index is 5.68. The van der Waals surface area contributed by atoms with Crippen LogP contribution in [0, 0.1) is 6.92 Å². The highest BCUT2D eigenvalue weighted by Gasteiger charge is 2.14. The Hall–Kier alpha value is -1.17. The van der Waals surface area contributed by atoms with Crippen LogP contribution in [0.4, 0.5) is 0 Å². The Morgan fingerprint density at radius 2 is 2.28 bits per heavy atom. The number of rotatable bonds is 4. The molecule has 0 aliphatic rings. The first kappa shape index (κ1) is 13.3. The highest BCUT2D eigenvalue weighted by atomic mass is 79.9. The fraction of sp³-hybridized carbons (Fsp3) is 0.308. The van der Waals surface area contributed by atoms with E-state index in [0.717, 1.165) is 10.9 Å². The summed E-state index contributed by atoms with van der Waals surface area (Å²) in [5.74, 6) is 5.68. The molecule has 1 aromatic carbocycles. The second-order valence-corrected chi connectivity index (χ2v) is 5.36.